The fourth-order valence-corrected chi connectivity index (χ4v) is 1.71. The molecule has 8 nitrogen and oxygen atoms in total. The minimum absolute atomic E-state index is 0.632. The van der Waals surface area contributed by atoms with Gasteiger partial charge in [-0.15, -0.1) is 14.8 Å². The first-order valence-electron chi connectivity index (χ1n) is 5.59. The summed E-state index contributed by atoms with van der Waals surface area (Å²) in [6.45, 7) is 0.778. The predicted molar refractivity (Wildman–Crippen MR) is 64.0 cm³/mol. The Hall–Kier alpha value is -2.51. The van der Waals surface area contributed by atoms with Crippen LogP contribution in [0, 0.1) is 0 Å². The number of tetrazole rings is 1. The van der Waals surface area contributed by atoms with Crippen LogP contribution in [0.3, 0.4) is 0 Å². The van der Waals surface area contributed by atoms with E-state index in [-0.39, 0.29) is 0 Å². The third kappa shape index (κ3) is 1.99. The van der Waals surface area contributed by atoms with Crippen molar-refractivity contribution < 1.29 is 0 Å². The standard InChI is InChI=1S/C10H12N8/c1-17-8(5-7-12-17)4-6-11-9-2-3-10-13-15-16-18(10)14-9/h2-3,5,7H,4,6H2,1H3,(H,11,14). The van der Waals surface area contributed by atoms with Gasteiger partial charge in [-0.2, -0.15) is 5.10 Å². The highest BCUT2D eigenvalue weighted by Crippen LogP contribution is 2.04. The van der Waals surface area contributed by atoms with Gasteiger partial charge in [0.15, 0.2) is 5.65 Å². The van der Waals surface area contributed by atoms with Gasteiger partial charge < -0.3 is 5.32 Å². The molecule has 0 amide bonds. The molecule has 0 saturated heterocycles. The zero-order valence-corrected chi connectivity index (χ0v) is 9.85. The lowest BCUT2D eigenvalue weighted by Crippen LogP contribution is -2.10. The van der Waals surface area contributed by atoms with Crippen LogP contribution >= 0.6 is 0 Å². The van der Waals surface area contributed by atoms with E-state index in [0.29, 0.717) is 5.65 Å². The highest BCUT2D eigenvalue weighted by Gasteiger charge is 2.01. The molecule has 0 spiro atoms. The van der Waals surface area contributed by atoms with Crippen molar-refractivity contribution in [2.45, 2.75) is 6.42 Å². The number of aromatic nitrogens is 7. The smallest absolute Gasteiger partial charge is 0.200 e. The maximum atomic E-state index is 4.22. The van der Waals surface area contributed by atoms with E-state index in [1.165, 1.54) is 10.3 Å². The molecule has 0 atom stereocenters. The Morgan fingerprint density at radius 3 is 3.06 bits per heavy atom. The van der Waals surface area contributed by atoms with Crippen LogP contribution in [0.25, 0.3) is 5.65 Å². The summed E-state index contributed by atoms with van der Waals surface area (Å²) in [4.78, 5) is 0. The number of nitrogens with zero attached hydrogens (tertiary/aromatic N) is 7. The summed E-state index contributed by atoms with van der Waals surface area (Å²) in [5.74, 6) is 0.747. The van der Waals surface area contributed by atoms with E-state index in [9.17, 15) is 0 Å². The Morgan fingerprint density at radius 1 is 1.28 bits per heavy atom. The highest BCUT2D eigenvalue weighted by molar-refractivity contribution is 5.42. The van der Waals surface area contributed by atoms with Crippen LogP contribution in [-0.4, -0.2) is 41.6 Å². The molecule has 0 aliphatic heterocycles. The quantitative estimate of drug-likeness (QED) is 0.690. The van der Waals surface area contributed by atoms with E-state index >= 15 is 0 Å². The van der Waals surface area contributed by atoms with Crippen molar-refractivity contribution in [3.8, 4) is 0 Å². The van der Waals surface area contributed by atoms with Crippen molar-refractivity contribution in [2.75, 3.05) is 11.9 Å². The third-order valence-electron chi connectivity index (χ3n) is 2.68. The Kier molecular flexibility index (Phi) is 2.60. The maximum absolute atomic E-state index is 4.22. The Bertz CT molecular complexity index is 655. The molecule has 3 aromatic rings. The average molecular weight is 244 g/mol. The van der Waals surface area contributed by atoms with E-state index < -0.39 is 0 Å². The lowest BCUT2D eigenvalue weighted by molar-refractivity contribution is 0.707. The van der Waals surface area contributed by atoms with Crippen LogP contribution in [0.5, 0.6) is 0 Å². The molecule has 3 aromatic heterocycles. The molecule has 0 aliphatic carbocycles. The van der Waals surface area contributed by atoms with E-state index in [1.54, 1.807) is 6.20 Å². The molecule has 0 radical (unpaired) electrons. The molecule has 0 saturated carbocycles. The van der Waals surface area contributed by atoms with Gasteiger partial charge in [0.25, 0.3) is 0 Å². The van der Waals surface area contributed by atoms with Gasteiger partial charge in [-0.25, -0.2) is 0 Å². The van der Waals surface area contributed by atoms with Crippen molar-refractivity contribution in [2.24, 2.45) is 7.05 Å². The van der Waals surface area contributed by atoms with Gasteiger partial charge in [-0.3, -0.25) is 4.68 Å². The molecular formula is C10H12N8. The van der Waals surface area contributed by atoms with Crippen molar-refractivity contribution in [3.63, 3.8) is 0 Å². The molecule has 0 fully saturated rings. The number of rotatable bonds is 4. The summed E-state index contributed by atoms with van der Waals surface area (Å²) in [7, 11) is 1.93. The molecule has 92 valence electrons. The van der Waals surface area contributed by atoms with E-state index in [4.69, 9.17) is 0 Å². The molecule has 0 aromatic carbocycles. The summed E-state index contributed by atoms with van der Waals surface area (Å²) < 4.78 is 3.26. The number of anilines is 1. The average Bonchev–Trinajstić information content (AvgIpc) is 2.98. The molecule has 8 heteroatoms. The van der Waals surface area contributed by atoms with Gasteiger partial charge in [-0.1, -0.05) is 0 Å². The zero-order valence-electron chi connectivity index (χ0n) is 9.85. The molecule has 0 unspecified atom stereocenters. The number of nitrogens with one attached hydrogen (secondary N) is 1. The highest BCUT2D eigenvalue weighted by atomic mass is 15.6. The summed E-state index contributed by atoms with van der Waals surface area (Å²) in [5.41, 5.74) is 1.80. The maximum Gasteiger partial charge on any atom is 0.200 e. The third-order valence-corrected chi connectivity index (χ3v) is 2.68. The van der Waals surface area contributed by atoms with Crippen molar-refractivity contribution in [1.29, 1.82) is 0 Å². The topological polar surface area (TPSA) is 85.8 Å². The van der Waals surface area contributed by atoms with Gasteiger partial charge >= 0.3 is 0 Å². The molecular weight excluding hydrogens is 232 g/mol. The first kappa shape index (κ1) is 10.6. The number of aryl methyl sites for hydroxylation is 1. The number of fused-ring (bicyclic) bond motifs is 1. The van der Waals surface area contributed by atoms with Crippen LogP contribution in [-0.2, 0) is 13.5 Å². The van der Waals surface area contributed by atoms with Crippen molar-refractivity contribution >= 4 is 11.5 Å². The minimum Gasteiger partial charge on any atom is -0.368 e. The predicted octanol–water partition coefficient (Wildman–Crippen LogP) is -0.0926. The monoisotopic (exact) mass is 244 g/mol. The Labute approximate surface area is 103 Å². The second kappa shape index (κ2) is 4.40. The summed E-state index contributed by atoms with van der Waals surface area (Å²) in [5, 5.41) is 22.6. The second-order valence-corrected chi connectivity index (χ2v) is 3.87. The molecule has 3 rings (SSSR count). The first-order chi connectivity index (χ1) is 8.83. The van der Waals surface area contributed by atoms with E-state index in [1.807, 2.05) is 29.9 Å². The summed E-state index contributed by atoms with van der Waals surface area (Å²) in [6.07, 6.45) is 2.67. The largest absolute Gasteiger partial charge is 0.368 e. The van der Waals surface area contributed by atoms with Gasteiger partial charge in [-0.05, 0) is 28.6 Å². The molecule has 1 N–H and O–H groups in total. The normalized spacial score (nSPS) is 10.9. The van der Waals surface area contributed by atoms with Gasteiger partial charge in [0.05, 0.1) is 0 Å². The SMILES string of the molecule is Cn1nccc1CCNc1ccc2nnnn2n1. The van der Waals surface area contributed by atoms with Crippen molar-refractivity contribution in [3.05, 3.63) is 30.1 Å². The van der Waals surface area contributed by atoms with Crippen LogP contribution in [0.1, 0.15) is 5.69 Å². The fraction of sp³-hybridized carbons (Fsp3) is 0.300. The van der Waals surface area contributed by atoms with E-state index in [2.05, 4.69) is 31.0 Å². The van der Waals surface area contributed by atoms with Gasteiger partial charge in [0.1, 0.15) is 5.82 Å². The zero-order chi connectivity index (χ0) is 12.4. The molecule has 3 heterocycles. The minimum atomic E-state index is 0.632. The molecule has 0 aliphatic rings. The number of hydrogen-bond acceptors (Lipinski definition) is 6. The Balaban J connectivity index is 1.64. The van der Waals surface area contributed by atoms with Crippen LogP contribution in [0.2, 0.25) is 0 Å². The lowest BCUT2D eigenvalue weighted by atomic mass is 10.3. The van der Waals surface area contributed by atoms with Crippen LogP contribution in [0.4, 0.5) is 5.82 Å². The van der Waals surface area contributed by atoms with Gasteiger partial charge in [0.2, 0.25) is 0 Å². The molecule has 18 heavy (non-hydrogen) atoms. The van der Waals surface area contributed by atoms with Crippen LogP contribution in [0.15, 0.2) is 24.4 Å². The Morgan fingerprint density at radius 2 is 2.22 bits per heavy atom. The van der Waals surface area contributed by atoms with Gasteiger partial charge in [0, 0.05) is 31.9 Å². The van der Waals surface area contributed by atoms with Crippen LogP contribution < -0.4 is 5.32 Å². The lowest BCUT2D eigenvalue weighted by Gasteiger charge is -2.05. The van der Waals surface area contributed by atoms with E-state index in [0.717, 1.165) is 18.8 Å². The number of hydrogen-bond donors (Lipinski definition) is 1. The fourth-order valence-electron chi connectivity index (χ4n) is 1.71. The first-order valence-corrected chi connectivity index (χ1v) is 5.59. The second-order valence-electron chi connectivity index (χ2n) is 3.87. The summed E-state index contributed by atoms with van der Waals surface area (Å²) in [6, 6.07) is 5.67. The van der Waals surface area contributed by atoms with Crippen molar-refractivity contribution in [1.82, 2.24) is 35.0 Å². The summed E-state index contributed by atoms with van der Waals surface area (Å²) >= 11 is 0. The molecule has 0 bridgehead atoms.